The molecule has 0 radical (unpaired) electrons. The zero-order valence-electron chi connectivity index (χ0n) is 10.6. The van der Waals surface area contributed by atoms with E-state index in [1.54, 1.807) is 12.1 Å². The van der Waals surface area contributed by atoms with Gasteiger partial charge < -0.3 is 10.1 Å². The third kappa shape index (κ3) is 6.60. The van der Waals surface area contributed by atoms with Crippen molar-refractivity contribution in [2.24, 2.45) is 0 Å². The van der Waals surface area contributed by atoms with E-state index in [4.69, 9.17) is 0 Å². The Bertz CT molecular complexity index is 501. The van der Waals surface area contributed by atoms with Crippen molar-refractivity contribution in [3.8, 4) is 5.75 Å². The lowest BCUT2D eigenvalue weighted by molar-refractivity contribution is -0.274. The quantitative estimate of drug-likeness (QED) is 0.817. The van der Waals surface area contributed by atoms with Gasteiger partial charge >= 0.3 is 6.36 Å². The van der Waals surface area contributed by atoms with Gasteiger partial charge in [0.15, 0.2) is 0 Å². The lowest BCUT2D eigenvalue weighted by atomic mass is 10.2. The molecule has 0 atom stereocenters. The minimum Gasteiger partial charge on any atom is -0.405 e. The predicted molar refractivity (Wildman–Crippen MR) is 73.2 cm³/mol. The maximum Gasteiger partial charge on any atom is 0.573 e. The van der Waals surface area contributed by atoms with Gasteiger partial charge in [0.25, 0.3) is 0 Å². The van der Waals surface area contributed by atoms with E-state index in [-0.39, 0.29) is 11.7 Å². The molecular weight excluding hydrogens is 339 g/mol. The summed E-state index contributed by atoms with van der Waals surface area (Å²) in [7, 11) is 0. The normalized spacial score (nSPS) is 11.7. The number of nitrogens with one attached hydrogen (secondary N) is 1. The van der Waals surface area contributed by atoms with Gasteiger partial charge in [0.05, 0.1) is 0 Å². The molecule has 0 spiro atoms. The Labute approximate surface area is 122 Å². The second-order valence-corrected chi connectivity index (χ2v) is 4.82. The first-order chi connectivity index (χ1) is 9.28. The van der Waals surface area contributed by atoms with E-state index < -0.39 is 6.36 Å². The van der Waals surface area contributed by atoms with E-state index >= 15 is 0 Å². The average Bonchev–Trinajstić information content (AvgIpc) is 2.28. The van der Waals surface area contributed by atoms with Crippen LogP contribution in [0, 0.1) is 0 Å². The molecule has 0 aromatic heterocycles. The number of rotatable bonds is 5. The van der Waals surface area contributed by atoms with Crippen LogP contribution in [0.5, 0.6) is 5.75 Å². The van der Waals surface area contributed by atoms with Crippen LogP contribution >= 0.6 is 15.9 Å². The Hall–Kier alpha value is -1.50. The molecule has 0 aliphatic heterocycles. The van der Waals surface area contributed by atoms with Crippen LogP contribution in [0.1, 0.15) is 18.9 Å². The maximum absolute atomic E-state index is 12.3. The zero-order valence-corrected chi connectivity index (χ0v) is 12.2. The van der Waals surface area contributed by atoms with Crippen molar-refractivity contribution in [3.05, 3.63) is 34.3 Å². The molecular formula is C13H13BrF3NO2. The number of alkyl halides is 3. The Morgan fingerprint density at radius 2 is 2.15 bits per heavy atom. The number of ether oxygens (including phenoxy) is 1. The van der Waals surface area contributed by atoms with Crippen LogP contribution in [0.3, 0.4) is 0 Å². The summed E-state index contributed by atoms with van der Waals surface area (Å²) in [6, 6.07) is 4.39. The van der Waals surface area contributed by atoms with Gasteiger partial charge in [0, 0.05) is 23.5 Å². The predicted octanol–water partition coefficient (Wildman–Crippen LogP) is 3.89. The van der Waals surface area contributed by atoms with Crippen molar-refractivity contribution in [3.63, 3.8) is 0 Å². The SMILES string of the molecule is CC(=O)NCCC=Cc1ccc(Br)cc1OC(F)(F)F. The molecule has 0 saturated carbocycles. The van der Waals surface area contributed by atoms with E-state index in [0.717, 1.165) is 0 Å². The molecule has 1 aromatic rings. The molecule has 0 bridgehead atoms. The van der Waals surface area contributed by atoms with Crippen molar-refractivity contribution in [2.45, 2.75) is 19.7 Å². The van der Waals surface area contributed by atoms with E-state index in [0.29, 0.717) is 23.0 Å². The van der Waals surface area contributed by atoms with E-state index in [1.165, 1.54) is 25.1 Å². The second kappa shape index (κ2) is 7.33. The monoisotopic (exact) mass is 351 g/mol. The summed E-state index contributed by atoms with van der Waals surface area (Å²) in [6.07, 6.45) is -1.03. The average molecular weight is 352 g/mol. The highest BCUT2D eigenvalue weighted by Crippen LogP contribution is 2.30. The van der Waals surface area contributed by atoms with Gasteiger partial charge in [-0.05, 0) is 18.6 Å². The number of carbonyl (C=O) groups is 1. The van der Waals surface area contributed by atoms with E-state index in [1.807, 2.05) is 0 Å². The molecule has 1 N–H and O–H groups in total. The lowest BCUT2D eigenvalue weighted by Gasteiger charge is -2.11. The molecule has 0 unspecified atom stereocenters. The lowest BCUT2D eigenvalue weighted by Crippen LogP contribution is -2.20. The van der Waals surface area contributed by atoms with Crippen LogP contribution in [0.2, 0.25) is 0 Å². The topological polar surface area (TPSA) is 38.3 Å². The van der Waals surface area contributed by atoms with Crippen LogP contribution in [0.4, 0.5) is 13.2 Å². The fraction of sp³-hybridized carbons (Fsp3) is 0.308. The summed E-state index contributed by atoms with van der Waals surface area (Å²) in [5.41, 5.74) is 0.313. The van der Waals surface area contributed by atoms with Crippen molar-refractivity contribution in [2.75, 3.05) is 6.54 Å². The molecule has 0 aliphatic rings. The number of amides is 1. The van der Waals surface area contributed by atoms with Gasteiger partial charge in [-0.15, -0.1) is 13.2 Å². The number of carbonyl (C=O) groups excluding carboxylic acids is 1. The highest BCUT2D eigenvalue weighted by atomic mass is 79.9. The van der Waals surface area contributed by atoms with Crippen molar-refractivity contribution < 1.29 is 22.7 Å². The van der Waals surface area contributed by atoms with E-state index in [2.05, 4.69) is 26.0 Å². The summed E-state index contributed by atoms with van der Waals surface area (Å²) in [5, 5.41) is 2.58. The Morgan fingerprint density at radius 1 is 1.45 bits per heavy atom. The third-order valence-electron chi connectivity index (χ3n) is 2.18. The Morgan fingerprint density at radius 3 is 2.75 bits per heavy atom. The number of hydrogen-bond acceptors (Lipinski definition) is 2. The highest BCUT2D eigenvalue weighted by Gasteiger charge is 2.31. The van der Waals surface area contributed by atoms with E-state index in [9.17, 15) is 18.0 Å². The minimum atomic E-state index is -4.74. The molecule has 0 fully saturated rings. The summed E-state index contributed by atoms with van der Waals surface area (Å²) < 4.78 is 41.3. The summed E-state index contributed by atoms with van der Waals surface area (Å²) in [4.78, 5) is 10.6. The molecule has 1 aromatic carbocycles. The van der Waals surface area contributed by atoms with Gasteiger partial charge in [-0.1, -0.05) is 34.1 Å². The Kier molecular flexibility index (Phi) is 6.06. The molecule has 3 nitrogen and oxygen atoms in total. The molecule has 0 saturated heterocycles. The first kappa shape index (κ1) is 16.6. The first-order valence-corrected chi connectivity index (χ1v) is 6.53. The summed E-state index contributed by atoms with van der Waals surface area (Å²) in [6.45, 7) is 1.82. The molecule has 0 heterocycles. The smallest absolute Gasteiger partial charge is 0.405 e. The fourth-order valence-corrected chi connectivity index (χ4v) is 1.74. The van der Waals surface area contributed by atoms with Crippen LogP contribution in [0.25, 0.3) is 6.08 Å². The van der Waals surface area contributed by atoms with Crippen molar-refractivity contribution in [1.82, 2.24) is 5.32 Å². The van der Waals surface area contributed by atoms with Crippen molar-refractivity contribution in [1.29, 1.82) is 0 Å². The van der Waals surface area contributed by atoms with Crippen LogP contribution in [-0.4, -0.2) is 18.8 Å². The molecule has 1 rings (SSSR count). The zero-order chi connectivity index (χ0) is 15.2. The van der Waals surface area contributed by atoms with Gasteiger partial charge in [-0.3, -0.25) is 4.79 Å². The molecule has 20 heavy (non-hydrogen) atoms. The van der Waals surface area contributed by atoms with Crippen LogP contribution in [-0.2, 0) is 4.79 Å². The summed E-state index contributed by atoms with van der Waals surface area (Å²) >= 11 is 3.09. The molecule has 1 amide bonds. The fourth-order valence-electron chi connectivity index (χ4n) is 1.40. The largest absolute Gasteiger partial charge is 0.573 e. The van der Waals surface area contributed by atoms with Gasteiger partial charge in [0.2, 0.25) is 5.91 Å². The highest BCUT2D eigenvalue weighted by molar-refractivity contribution is 9.10. The maximum atomic E-state index is 12.3. The second-order valence-electron chi connectivity index (χ2n) is 3.90. The number of hydrogen-bond donors (Lipinski definition) is 1. The number of benzene rings is 1. The van der Waals surface area contributed by atoms with Gasteiger partial charge in [-0.2, -0.15) is 0 Å². The van der Waals surface area contributed by atoms with Gasteiger partial charge in [-0.25, -0.2) is 0 Å². The third-order valence-corrected chi connectivity index (χ3v) is 2.68. The van der Waals surface area contributed by atoms with Crippen LogP contribution < -0.4 is 10.1 Å². The summed E-state index contributed by atoms with van der Waals surface area (Å²) in [5.74, 6) is -0.425. The van der Waals surface area contributed by atoms with Crippen molar-refractivity contribution >= 4 is 27.9 Å². The standard InChI is InChI=1S/C13H13BrF3NO2/c1-9(19)18-7-3-2-4-10-5-6-11(14)8-12(10)20-13(15,16)17/h2,4-6,8H,3,7H2,1H3,(H,18,19). The number of halogens is 4. The van der Waals surface area contributed by atoms with Crippen LogP contribution in [0.15, 0.2) is 28.7 Å². The Balaban J connectivity index is 2.73. The van der Waals surface area contributed by atoms with Gasteiger partial charge in [0.1, 0.15) is 5.75 Å². The molecule has 7 heteroatoms. The first-order valence-electron chi connectivity index (χ1n) is 5.74. The molecule has 110 valence electrons. The molecule has 0 aliphatic carbocycles. The minimum absolute atomic E-state index is 0.150.